The quantitative estimate of drug-likeness (QED) is 0.832. The number of hydrogen-bond acceptors (Lipinski definition) is 5. The first-order valence-electron chi connectivity index (χ1n) is 8.80. The van der Waals surface area contributed by atoms with E-state index in [9.17, 15) is 13.4 Å². The Hall–Kier alpha value is -2.29. The van der Waals surface area contributed by atoms with Crippen molar-refractivity contribution in [1.29, 1.82) is 0 Å². The lowest BCUT2D eigenvalue weighted by molar-refractivity contribution is 0.121. The van der Waals surface area contributed by atoms with E-state index in [-0.39, 0.29) is 10.8 Å². The first kappa shape index (κ1) is 19.5. The first-order valence-corrected chi connectivity index (χ1v) is 10.4. The lowest BCUT2D eigenvalue weighted by atomic mass is 9.88. The van der Waals surface area contributed by atoms with Crippen LogP contribution in [0, 0.1) is 11.7 Å². The molecule has 2 unspecified atom stereocenters. The topological polar surface area (TPSA) is 96.5 Å². The molecule has 27 heavy (non-hydrogen) atoms. The second kappa shape index (κ2) is 8.16. The summed E-state index contributed by atoms with van der Waals surface area (Å²) in [6.07, 6.45) is 3.02. The lowest BCUT2D eigenvalue weighted by Crippen LogP contribution is -2.37. The molecule has 3 rings (SSSR count). The van der Waals surface area contributed by atoms with Gasteiger partial charge in [-0.05, 0) is 43.4 Å². The lowest BCUT2D eigenvalue weighted by Gasteiger charge is -2.30. The maximum Gasteiger partial charge on any atom is 0.407 e. The van der Waals surface area contributed by atoms with E-state index in [1.807, 2.05) is 6.92 Å². The fourth-order valence-electron chi connectivity index (χ4n) is 3.39. The van der Waals surface area contributed by atoms with Crippen molar-refractivity contribution in [2.24, 2.45) is 5.92 Å². The van der Waals surface area contributed by atoms with E-state index in [1.165, 1.54) is 23.3 Å². The molecule has 1 amide bonds. The number of nitrogens with zero attached hydrogens (tertiary/aromatic N) is 3. The third kappa shape index (κ3) is 4.52. The van der Waals surface area contributed by atoms with Crippen molar-refractivity contribution in [3.63, 3.8) is 0 Å². The molecule has 2 atom stereocenters. The highest BCUT2D eigenvalue weighted by Crippen LogP contribution is 2.30. The minimum Gasteiger partial charge on any atom is -0.465 e. The Morgan fingerprint density at radius 2 is 2.15 bits per heavy atom. The van der Waals surface area contributed by atoms with Gasteiger partial charge in [-0.15, -0.1) is 0 Å². The third-order valence-corrected chi connectivity index (χ3v) is 5.89. The van der Waals surface area contributed by atoms with Crippen LogP contribution in [0.3, 0.4) is 0 Å². The predicted molar refractivity (Wildman–Crippen MR) is 97.4 cm³/mol. The number of halogens is 1. The Morgan fingerprint density at radius 1 is 1.44 bits per heavy atom. The second-order valence-corrected chi connectivity index (χ2v) is 8.25. The van der Waals surface area contributed by atoms with Gasteiger partial charge in [0.25, 0.3) is 0 Å². The SMILES string of the molecule is CC(CC1CCN(C(=O)O)CC1)c1nc(-c2ccc(S(C)=O)c(F)c2)no1. The Bertz CT molecular complexity index is 849. The molecule has 1 saturated heterocycles. The van der Waals surface area contributed by atoms with Crippen LogP contribution >= 0.6 is 0 Å². The number of rotatable bonds is 5. The standard InChI is InChI=1S/C18H22FN3O4S/c1-11(9-12-5-7-22(8-6-12)18(23)24)17-20-16(21-26-17)13-3-4-15(27(2)25)14(19)10-13/h3-4,10-12H,5-9H2,1-2H3,(H,23,24). The molecular formula is C18H22FN3O4S. The maximum atomic E-state index is 14.0. The van der Waals surface area contributed by atoms with E-state index in [4.69, 9.17) is 9.63 Å². The molecule has 2 aromatic rings. The fraction of sp³-hybridized carbons (Fsp3) is 0.500. The molecule has 1 aromatic heterocycles. The highest BCUT2D eigenvalue weighted by molar-refractivity contribution is 7.84. The van der Waals surface area contributed by atoms with E-state index in [0.29, 0.717) is 36.3 Å². The highest BCUT2D eigenvalue weighted by atomic mass is 32.2. The number of amides is 1. The normalized spacial score (nSPS) is 17.7. The molecule has 1 aromatic carbocycles. The number of hydrogen-bond donors (Lipinski definition) is 1. The van der Waals surface area contributed by atoms with E-state index >= 15 is 0 Å². The maximum absolute atomic E-state index is 14.0. The molecule has 1 aliphatic heterocycles. The summed E-state index contributed by atoms with van der Waals surface area (Å²) in [5.74, 6) is 0.652. The minimum absolute atomic E-state index is 0.0277. The summed E-state index contributed by atoms with van der Waals surface area (Å²) in [6, 6.07) is 4.36. The monoisotopic (exact) mass is 395 g/mol. The molecule has 1 aliphatic rings. The van der Waals surface area contributed by atoms with Gasteiger partial charge >= 0.3 is 6.09 Å². The number of carboxylic acid groups (broad SMARTS) is 1. The summed E-state index contributed by atoms with van der Waals surface area (Å²) in [6.45, 7) is 3.09. The van der Waals surface area contributed by atoms with Gasteiger partial charge in [0.05, 0.1) is 15.7 Å². The molecule has 7 nitrogen and oxygen atoms in total. The van der Waals surface area contributed by atoms with Crippen LogP contribution in [0.5, 0.6) is 0 Å². The van der Waals surface area contributed by atoms with Gasteiger partial charge in [-0.1, -0.05) is 12.1 Å². The van der Waals surface area contributed by atoms with Crippen molar-refractivity contribution in [2.75, 3.05) is 19.3 Å². The molecule has 2 heterocycles. The Labute approximate surface area is 159 Å². The summed E-state index contributed by atoms with van der Waals surface area (Å²) in [7, 11) is -1.40. The average Bonchev–Trinajstić information content (AvgIpc) is 3.12. The van der Waals surface area contributed by atoms with Crippen molar-refractivity contribution in [3.8, 4) is 11.4 Å². The van der Waals surface area contributed by atoms with Crippen molar-refractivity contribution >= 4 is 16.9 Å². The molecule has 1 N–H and O–H groups in total. The number of likely N-dealkylation sites (tertiary alicyclic amines) is 1. The number of aromatic nitrogens is 2. The van der Waals surface area contributed by atoms with Crippen molar-refractivity contribution < 1.29 is 23.0 Å². The molecule has 0 aliphatic carbocycles. The van der Waals surface area contributed by atoms with E-state index in [2.05, 4.69) is 10.1 Å². The molecule has 1 fully saturated rings. The van der Waals surface area contributed by atoms with Gasteiger partial charge in [0.1, 0.15) is 5.82 Å². The van der Waals surface area contributed by atoms with Crippen molar-refractivity contribution in [3.05, 3.63) is 29.9 Å². The summed E-state index contributed by atoms with van der Waals surface area (Å²) in [4.78, 5) is 16.9. The molecular weight excluding hydrogens is 373 g/mol. The molecule has 0 saturated carbocycles. The summed E-state index contributed by atoms with van der Waals surface area (Å²) in [5.41, 5.74) is 0.471. The molecule has 0 radical (unpaired) electrons. The smallest absolute Gasteiger partial charge is 0.407 e. The zero-order valence-electron chi connectivity index (χ0n) is 15.2. The van der Waals surface area contributed by atoms with Crippen LogP contribution < -0.4 is 0 Å². The third-order valence-electron chi connectivity index (χ3n) is 4.94. The summed E-state index contributed by atoms with van der Waals surface area (Å²) < 4.78 is 30.8. The Kier molecular flexibility index (Phi) is 5.88. The van der Waals surface area contributed by atoms with E-state index in [1.54, 1.807) is 6.07 Å². The zero-order chi connectivity index (χ0) is 19.6. The van der Waals surface area contributed by atoms with Gasteiger partial charge in [-0.3, -0.25) is 4.21 Å². The largest absolute Gasteiger partial charge is 0.465 e. The number of piperidine rings is 1. The van der Waals surface area contributed by atoms with Crippen LogP contribution in [0.1, 0.15) is 38.0 Å². The molecule has 9 heteroatoms. The zero-order valence-corrected chi connectivity index (χ0v) is 16.0. The van der Waals surface area contributed by atoms with Gasteiger partial charge in [0.15, 0.2) is 0 Å². The van der Waals surface area contributed by atoms with Gasteiger partial charge in [0.2, 0.25) is 11.7 Å². The van der Waals surface area contributed by atoms with Crippen LogP contribution in [0.4, 0.5) is 9.18 Å². The fourth-order valence-corrected chi connectivity index (χ4v) is 3.98. The molecule has 0 spiro atoms. The van der Waals surface area contributed by atoms with Gasteiger partial charge in [0, 0.05) is 30.8 Å². The average molecular weight is 395 g/mol. The van der Waals surface area contributed by atoms with Crippen LogP contribution in [0.25, 0.3) is 11.4 Å². The number of carbonyl (C=O) groups is 1. The van der Waals surface area contributed by atoms with Gasteiger partial charge < -0.3 is 14.5 Å². The van der Waals surface area contributed by atoms with Crippen LogP contribution in [0.15, 0.2) is 27.6 Å². The summed E-state index contributed by atoms with van der Waals surface area (Å²) >= 11 is 0. The van der Waals surface area contributed by atoms with Crippen molar-refractivity contribution in [2.45, 2.75) is 37.0 Å². The van der Waals surface area contributed by atoms with E-state index in [0.717, 1.165) is 19.3 Å². The Morgan fingerprint density at radius 3 is 2.74 bits per heavy atom. The highest BCUT2D eigenvalue weighted by Gasteiger charge is 2.26. The first-order chi connectivity index (χ1) is 12.8. The molecule has 0 bridgehead atoms. The number of benzene rings is 1. The van der Waals surface area contributed by atoms with Crippen LogP contribution in [-0.4, -0.2) is 49.8 Å². The molecule has 146 valence electrons. The summed E-state index contributed by atoms with van der Waals surface area (Å²) in [5, 5.41) is 12.9. The Balaban J connectivity index is 1.64. The predicted octanol–water partition coefficient (Wildman–Crippen LogP) is 3.50. The van der Waals surface area contributed by atoms with Crippen LogP contribution in [0.2, 0.25) is 0 Å². The second-order valence-electron chi connectivity index (χ2n) is 6.91. The van der Waals surface area contributed by atoms with E-state index < -0.39 is 22.7 Å². The van der Waals surface area contributed by atoms with Crippen molar-refractivity contribution in [1.82, 2.24) is 15.0 Å². The van der Waals surface area contributed by atoms with Gasteiger partial charge in [-0.25, -0.2) is 9.18 Å². The minimum atomic E-state index is -1.40. The van der Waals surface area contributed by atoms with Crippen LogP contribution in [-0.2, 0) is 10.8 Å². The van der Waals surface area contributed by atoms with Gasteiger partial charge in [-0.2, -0.15) is 4.98 Å².